The summed E-state index contributed by atoms with van der Waals surface area (Å²) < 4.78 is 40.3. The molecule has 0 spiro atoms. The molecule has 1 aliphatic heterocycles. The average molecular weight is 447 g/mol. The van der Waals surface area contributed by atoms with Gasteiger partial charge < -0.3 is 18.9 Å². The third-order valence-corrected chi connectivity index (χ3v) is 6.30. The molecule has 0 aliphatic carbocycles. The van der Waals surface area contributed by atoms with Crippen LogP contribution in [0.15, 0.2) is 41.8 Å². The van der Waals surface area contributed by atoms with Crippen LogP contribution in [0.2, 0.25) is 0 Å². The highest BCUT2D eigenvalue weighted by Gasteiger charge is 2.28. The van der Waals surface area contributed by atoms with Gasteiger partial charge in [-0.1, -0.05) is 6.07 Å². The van der Waals surface area contributed by atoms with Gasteiger partial charge in [-0.25, -0.2) is 8.78 Å². The molecular formula is C23H24F2N2O3S. The molecule has 1 saturated heterocycles. The monoisotopic (exact) mass is 446 g/mol. The van der Waals surface area contributed by atoms with Crippen molar-refractivity contribution in [2.45, 2.75) is 26.5 Å². The van der Waals surface area contributed by atoms with Crippen LogP contribution in [0.3, 0.4) is 0 Å². The van der Waals surface area contributed by atoms with Crippen molar-refractivity contribution in [3.63, 3.8) is 0 Å². The van der Waals surface area contributed by atoms with Crippen LogP contribution < -0.4 is 4.74 Å². The van der Waals surface area contributed by atoms with E-state index in [2.05, 4.69) is 10.6 Å². The molecule has 1 aliphatic rings. The Balaban J connectivity index is 1.42. The van der Waals surface area contributed by atoms with Crippen molar-refractivity contribution >= 4 is 17.2 Å². The fourth-order valence-corrected chi connectivity index (χ4v) is 4.46. The maximum absolute atomic E-state index is 13.8. The van der Waals surface area contributed by atoms with E-state index in [1.54, 1.807) is 16.2 Å². The van der Waals surface area contributed by atoms with Gasteiger partial charge >= 0.3 is 0 Å². The van der Waals surface area contributed by atoms with E-state index in [1.807, 2.05) is 31.4 Å². The minimum Gasteiger partial charge on any atom is -0.488 e. The number of halogens is 2. The average Bonchev–Trinajstić information content (AvgIpc) is 3.38. The van der Waals surface area contributed by atoms with Gasteiger partial charge in [0, 0.05) is 28.9 Å². The van der Waals surface area contributed by atoms with Crippen molar-refractivity contribution in [1.82, 2.24) is 9.47 Å². The lowest BCUT2D eigenvalue weighted by Crippen LogP contribution is -2.47. The lowest BCUT2D eigenvalue weighted by atomic mass is 10.2. The molecule has 1 unspecified atom stereocenters. The molecule has 0 bridgehead atoms. The summed E-state index contributed by atoms with van der Waals surface area (Å²) in [5, 5.41) is 2.04. The Labute approximate surface area is 183 Å². The van der Waals surface area contributed by atoms with Crippen LogP contribution in [-0.2, 0) is 11.3 Å². The molecule has 1 amide bonds. The first-order chi connectivity index (χ1) is 14.9. The van der Waals surface area contributed by atoms with Gasteiger partial charge in [0.15, 0.2) is 11.6 Å². The Morgan fingerprint density at radius 3 is 2.87 bits per heavy atom. The molecule has 1 aromatic carbocycles. The standard InChI is InChI=1S/C23H24F2N2O3S/c1-15-10-20(16(2)27(15)13-19-4-3-9-31-19)23(28)26-7-8-29-18(12-26)14-30-22-11-17(24)5-6-21(22)25/h3-6,9-11,18H,7-8,12-14H2,1-2H3. The molecule has 1 atom stereocenters. The summed E-state index contributed by atoms with van der Waals surface area (Å²) in [6.45, 7) is 5.88. The predicted molar refractivity (Wildman–Crippen MR) is 115 cm³/mol. The number of carbonyl (C=O) groups is 1. The molecule has 0 saturated carbocycles. The molecule has 5 nitrogen and oxygen atoms in total. The number of aromatic nitrogens is 1. The number of amides is 1. The Bertz CT molecular complexity index is 1070. The quantitative estimate of drug-likeness (QED) is 0.563. The van der Waals surface area contributed by atoms with Crippen LogP contribution in [-0.4, -0.2) is 47.8 Å². The molecule has 1 fully saturated rings. The second-order valence-corrected chi connectivity index (χ2v) is 8.61. The highest BCUT2D eigenvalue weighted by molar-refractivity contribution is 7.09. The van der Waals surface area contributed by atoms with Gasteiger partial charge in [-0.2, -0.15) is 0 Å². The van der Waals surface area contributed by atoms with Crippen molar-refractivity contribution in [2.75, 3.05) is 26.3 Å². The number of aryl methyl sites for hydroxylation is 1. The van der Waals surface area contributed by atoms with Crippen molar-refractivity contribution < 1.29 is 23.0 Å². The highest BCUT2D eigenvalue weighted by atomic mass is 32.1. The predicted octanol–water partition coefficient (Wildman–Crippen LogP) is 4.41. The fourth-order valence-electron chi connectivity index (χ4n) is 3.76. The number of nitrogens with zero attached hydrogens (tertiary/aromatic N) is 2. The van der Waals surface area contributed by atoms with Crippen LogP contribution in [0.4, 0.5) is 8.78 Å². The van der Waals surface area contributed by atoms with Crippen LogP contribution in [0.25, 0.3) is 0 Å². The topological polar surface area (TPSA) is 43.7 Å². The minimum absolute atomic E-state index is 0.0293. The van der Waals surface area contributed by atoms with Gasteiger partial charge in [0.05, 0.1) is 25.3 Å². The minimum atomic E-state index is -0.636. The molecular weight excluding hydrogens is 422 g/mol. The second kappa shape index (κ2) is 9.20. The van der Waals surface area contributed by atoms with Crippen molar-refractivity contribution in [3.8, 4) is 5.75 Å². The first-order valence-corrected chi connectivity index (χ1v) is 11.0. The van der Waals surface area contributed by atoms with Crippen molar-refractivity contribution in [2.24, 2.45) is 0 Å². The van der Waals surface area contributed by atoms with Gasteiger partial charge in [0.25, 0.3) is 5.91 Å². The molecule has 3 aromatic rings. The Hall–Kier alpha value is -2.71. The summed E-state index contributed by atoms with van der Waals surface area (Å²) in [7, 11) is 0. The summed E-state index contributed by atoms with van der Waals surface area (Å²) in [6.07, 6.45) is -0.421. The number of hydrogen-bond acceptors (Lipinski definition) is 4. The number of rotatable bonds is 6. The van der Waals surface area contributed by atoms with Gasteiger partial charge in [-0.15, -0.1) is 11.3 Å². The number of morpholine rings is 1. The number of thiophene rings is 1. The Kier molecular flexibility index (Phi) is 6.38. The van der Waals surface area contributed by atoms with E-state index in [9.17, 15) is 13.6 Å². The Morgan fingerprint density at radius 1 is 1.26 bits per heavy atom. The van der Waals surface area contributed by atoms with E-state index in [4.69, 9.17) is 9.47 Å². The smallest absolute Gasteiger partial charge is 0.255 e. The maximum atomic E-state index is 13.8. The van der Waals surface area contributed by atoms with Crippen LogP contribution in [0.5, 0.6) is 5.75 Å². The number of benzene rings is 1. The molecule has 8 heteroatoms. The van der Waals surface area contributed by atoms with E-state index in [1.165, 1.54) is 4.88 Å². The van der Waals surface area contributed by atoms with Crippen molar-refractivity contribution in [3.05, 3.63) is 75.2 Å². The molecule has 3 heterocycles. The zero-order valence-corrected chi connectivity index (χ0v) is 18.3. The van der Waals surface area contributed by atoms with Gasteiger partial charge in [0.1, 0.15) is 18.5 Å². The molecule has 2 aromatic heterocycles. The van der Waals surface area contributed by atoms with E-state index in [-0.39, 0.29) is 18.3 Å². The normalized spacial score (nSPS) is 16.5. The summed E-state index contributed by atoms with van der Waals surface area (Å²) in [5.74, 6) is -1.43. The van der Waals surface area contributed by atoms with E-state index in [0.29, 0.717) is 25.3 Å². The van der Waals surface area contributed by atoms with Crippen LogP contribution in [0, 0.1) is 25.5 Å². The maximum Gasteiger partial charge on any atom is 0.255 e. The Morgan fingerprint density at radius 2 is 2.10 bits per heavy atom. The summed E-state index contributed by atoms with van der Waals surface area (Å²) >= 11 is 1.69. The molecule has 31 heavy (non-hydrogen) atoms. The molecule has 0 N–H and O–H groups in total. The highest BCUT2D eigenvalue weighted by Crippen LogP contribution is 2.22. The lowest BCUT2D eigenvalue weighted by Gasteiger charge is -2.33. The SMILES string of the molecule is Cc1cc(C(=O)N2CCOC(COc3cc(F)ccc3F)C2)c(C)n1Cc1cccs1. The van der Waals surface area contributed by atoms with Gasteiger partial charge in [-0.3, -0.25) is 4.79 Å². The first-order valence-electron chi connectivity index (χ1n) is 10.1. The molecule has 164 valence electrons. The van der Waals surface area contributed by atoms with Gasteiger partial charge in [0.2, 0.25) is 0 Å². The third kappa shape index (κ3) is 4.80. The van der Waals surface area contributed by atoms with Crippen molar-refractivity contribution in [1.29, 1.82) is 0 Å². The largest absolute Gasteiger partial charge is 0.488 e. The number of hydrogen-bond donors (Lipinski definition) is 0. The molecule has 0 radical (unpaired) electrons. The van der Waals surface area contributed by atoms with E-state index >= 15 is 0 Å². The zero-order chi connectivity index (χ0) is 22.0. The van der Waals surface area contributed by atoms with E-state index < -0.39 is 17.7 Å². The zero-order valence-electron chi connectivity index (χ0n) is 17.4. The number of carbonyl (C=O) groups excluding carboxylic acids is 1. The second-order valence-electron chi connectivity index (χ2n) is 7.58. The summed E-state index contributed by atoms with van der Waals surface area (Å²) in [6, 6.07) is 9.09. The molecule has 4 rings (SSSR count). The lowest BCUT2D eigenvalue weighted by molar-refractivity contribution is -0.0406. The third-order valence-electron chi connectivity index (χ3n) is 5.44. The first kappa shape index (κ1) is 21.5. The summed E-state index contributed by atoms with van der Waals surface area (Å²) in [4.78, 5) is 16.2. The van der Waals surface area contributed by atoms with Crippen LogP contribution >= 0.6 is 11.3 Å². The fraction of sp³-hybridized carbons (Fsp3) is 0.348. The van der Waals surface area contributed by atoms with Crippen LogP contribution in [0.1, 0.15) is 26.6 Å². The number of ether oxygens (including phenoxy) is 2. The van der Waals surface area contributed by atoms with Gasteiger partial charge in [-0.05, 0) is 43.5 Å². The summed E-state index contributed by atoms with van der Waals surface area (Å²) in [5.41, 5.74) is 2.63. The van der Waals surface area contributed by atoms with E-state index in [0.717, 1.165) is 36.1 Å².